The molecule has 0 saturated heterocycles. The number of fused-ring (bicyclic) bond motifs is 3. The number of benzene rings is 1. The van der Waals surface area contributed by atoms with Crippen molar-refractivity contribution < 1.29 is 4.39 Å². The number of rotatable bonds is 2. The number of hydrogen-bond donors (Lipinski definition) is 0. The highest BCUT2D eigenvalue weighted by Gasteiger charge is 2.32. The lowest BCUT2D eigenvalue weighted by molar-refractivity contribution is 0.625. The first-order chi connectivity index (χ1) is 14.9. The zero-order valence-corrected chi connectivity index (χ0v) is 18.6. The van der Waals surface area contributed by atoms with E-state index in [4.69, 9.17) is 11.6 Å². The normalized spacial score (nSPS) is 16.5. The third kappa shape index (κ3) is 3.08. The minimum absolute atomic E-state index is 0.109. The maximum Gasteiger partial charge on any atom is 0.331 e. The quantitative estimate of drug-likeness (QED) is 0.450. The Labute approximate surface area is 186 Å². The molecule has 1 aliphatic heterocycles. The Morgan fingerprint density at radius 1 is 1.19 bits per heavy atom. The average Bonchev–Trinajstić information content (AvgIpc) is 3.25. The smallest absolute Gasteiger partial charge is 0.331 e. The van der Waals surface area contributed by atoms with Crippen molar-refractivity contribution in [2.75, 3.05) is 0 Å². The lowest BCUT2D eigenvalue weighted by Gasteiger charge is -2.16. The lowest BCUT2D eigenvalue weighted by atomic mass is 9.99. The molecule has 5 rings (SSSR count). The third-order valence-electron chi connectivity index (χ3n) is 6.05. The van der Waals surface area contributed by atoms with E-state index in [0.29, 0.717) is 33.9 Å². The van der Waals surface area contributed by atoms with Crippen LogP contribution in [0.5, 0.6) is 0 Å². The van der Waals surface area contributed by atoms with Crippen LogP contribution in [0.15, 0.2) is 39.2 Å². The maximum absolute atomic E-state index is 14.2. The molecular weight excluding hydrogens is 439 g/mol. The van der Waals surface area contributed by atoms with Crippen molar-refractivity contribution >= 4 is 33.8 Å². The van der Waals surface area contributed by atoms with Crippen LogP contribution in [0.25, 0.3) is 22.2 Å². The van der Waals surface area contributed by atoms with E-state index in [1.165, 1.54) is 35.1 Å². The van der Waals surface area contributed by atoms with Crippen molar-refractivity contribution in [2.45, 2.75) is 31.7 Å². The van der Waals surface area contributed by atoms with E-state index in [0.717, 1.165) is 34.5 Å². The fraction of sp³-hybridized carbons (Fsp3) is 0.318. The van der Waals surface area contributed by atoms with E-state index < -0.39 is 5.69 Å². The number of aryl methyl sites for hydroxylation is 1. The summed E-state index contributed by atoms with van der Waals surface area (Å²) in [5.74, 6) is -0.484. The second kappa shape index (κ2) is 7.46. The Kier molecular flexibility index (Phi) is 4.86. The number of nitrogens with zero attached hydrogens (tertiary/aromatic N) is 4. The number of hydrogen-bond acceptors (Lipinski definition) is 4. The molecule has 4 aromatic rings. The summed E-state index contributed by atoms with van der Waals surface area (Å²) >= 11 is 7.60. The number of thiazole rings is 1. The summed E-state index contributed by atoms with van der Waals surface area (Å²) in [6.45, 7) is 0.669. The van der Waals surface area contributed by atoms with Crippen molar-refractivity contribution in [3.63, 3.8) is 0 Å². The highest BCUT2D eigenvalue weighted by molar-refractivity contribution is 7.10. The van der Waals surface area contributed by atoms with Crippen molar-refractivity contribution in [2.24, 2.45) is 14.1 Å². The molecule has 0 N–H and O–H groups in total. The van der Waals surface area contributed by atoms with Crippen LogP contribution >= 0.6 is 22.9 Å². The molecule has 9 heteroatoms. The van der Waals surface area contributed by atoms with E-state index in [1.54, 1.807) is 24.6 Å². The van der Waals surface area contributed by atoms with Gasteiger partial charge in [-0.3, -0.25) is 13.9 Å². The minimum Gasteiger partial charge on any atom is -0.341 e. The predicted octanol–water partition coefficient (Wildman–Crippen LogP) is 4.27. The summed E-state index contributed by atoms with van der Waals surface area (Å²) in [4.78, 5) is 30.7. The standard InChI is InChI=1S/C22H20ClFN4O2S/c1-26-19-16(21(29)27(2)22(26)30)17(12-6-5-7-13(24)10-12)28-9-4-3-8-14(18(19)28)20-25-15(23)11-31-20/h5-7,10-11,14H,3-4,8-9H2,1-2H3. The molecule has 0 aliphatic carbocycles. The van der Waals surface area contributed by atoms with Crippen LogP contribution in [0.3, 0.4) is 0 Å². The Balaban J connectivity index is 1.98. The van der Waals surface area contributed by atoms with Crippen molar-refractivity contribution in [1.82, 2.24) is 18.7 Å². The molecule has 0 amide bonds. The second-order valence-corrected chi connectivity index (χ2v) is 9.16. The van der Waals surface area contributed by atoms with E-state index >= 15 is 0 Å². The largest absolute Gasteiger partial charge is 0.341 e. The van der Waals surface area contributed by atoms with Gasteiger partial charge in [-0.15, -0.1) is 11.3 Å². The molecule has 1 unspecified atom stereocenters. The summed E-state index contributed by atoms with van der Waals surface area (Å²) in [6.07, 6.45) is 2.70. The summed E-state index contributed by atoms with van der Waals surface area (Å²) in [5, 5.41) is 3.51. The van der Waals surface area contributed by atoms with Crippen LogP contribution in [-0.2, 0) is 20.6 Å². The summed E-state index contributed by atoms with van der Waals surface area (Å²) in [5.41, 5.74) is 1.95. The van der Waals surface area contributed by atoms with Crippen molar-refractivity contribution in [3.05, 3.63) is 72.2 Å². The third-order valence-corrected chi connectivity index (χ3v) is 7.33. The molecule has 160 valence electrons. The van der Waals surface area contributed by atoms with Crippen LogP contribution in [0, 0.1) is 5.82 Å². The van der Waals surface area contributed by atoms with Crippen LogP contribution in [0.1, 0.15) is 35.9 Å². The molecule has 0 saturated carbocycles. The van der Waals surface area contributed by atoms with Gasteiger partial charge in [0.05, 0.1) is 28.2 Å². The average molecular weight is 459 g/mol. The van der Waals surface area contributed by atoms with Crippen molar-refractivity contribution in [3.8, 4) is 11.3 Å². The fourth-order valence-electron chi connectivity index (χ4n) is 4.68. The molecule has 31 heavy (non-hydrogen) atoms. The summed E-state index contributed by atoms with van der Waals surface area (Å²) in [7, 11) is 3.15. The molecule has 1 atom stereocenters. The highest BCUT2D eigenvalue weighted by atomic mass is 35.5. The zero-order chi connectivity index (χ0) is 21.9. The predicted molar refractivity (Wildman–Crippen MR) is 121 cm³/mol. The number of aromatic nitrogens is 4. The lowest BCUT2D eigenvalue weighted by Crippen LogP contribution is -2.37. The van der Waals surface area contributed by atoms with Gasteiger partial charge >= 0.3 is 5.69 Å². The van der Waals surface area contributed by atoms with Gasteiger partial charge in [-0.25, -0.2) is 14.2 Å². The molecule has 0 radical (unpaired) electrons. The zero-order valence-electron chi connectivity index (χ0n) is 17.1. The number of halogens is 2. The Bertz CT molecular complexity index is 1450. The Morgan fingerprint density at radius 2 is 2.00 bits per heavy atom. The molecule has 3 aromatic heterocycles. The van der Waals surface area contributed by atoms with Crippen LogP contribution in [-0.4, -0.2) is 18.7 Å². The topological polar surface area (TPSA) is 61.8 Å². The SMILES string of the molecule is Cn1c(=O)c2c(-c3cccc(F)c3)n3c(c2n(C)c1=O)C(c1nc(Cl)cs1)CCCC3. The van der Waals surface area contributed by atoms with Gasteiger partial charge in [0.1, 0.15) is 16.0 Å². The molecule has 6 nitrogen and oxygen atoms in total. The van der Waals surface area contributed by atoms with E-state index in [1.807, 2.05) is 0 Å². The van der Waals surface area contributed by atoms with Gasteiger partial charge in [0.2, 0.25) is 0 Å². The molecule has 0 spiro atoms. The van der Waals surface area contributed by atoms with Gasteiger partial charge < -0.3 is 4.57 Å². The monoisotopic (exact) mass is 458 g/mol. The first-order valence-electron chi connectivity index (χ1n) is 10.1. The Morgan fingerprint density at radius 3 is 2.71 bits per heavy atom. The Hall–Kier alpha value is -2.71. The van der Waals surface area contributed by atoms with Gasteiger partial charge in [-0.1, -0.05) is 30.2 Å². The highest BCUT2D eigenvalue weighted by Crippen LogP contribution is 2.43. The van der Waals surface area contributed by atoms with Gasteiger partial charge in [-0.05, 0) is 25.0 Å². The first-order valence-corrected chi connectivity index (χ1v) is 11.3. The van der Waals surface area contributed by atoms with E-state index in [-0.39, 0.29) is 17.3 Å². The molecule has 4 heterocycles. The summed E-state index contributed by atoms with van der Waals surface area (Å²) in [6, 6.07) is 6.26. The summed E-state index contributed by atoms with van der Waals surface area (Å²) < 4.78 is 18.9. The maximum atomic E-state index is 14.2. The van der Waals surface area contributed by atoms with Crippen molar-refractivity contribution in [1.29, 1.82) is 0 Å². The van der Waals surface area contributed by atoms with Crippen LogP contribution in [0.4, 0.5) is 4.39 Å². The fourth-order valence-corrected chi connectivity index (χ4v) is 5.77. The van der Waals surface area contributed by atoms with Gasteiger partial charge in [0, 0.05) is 31.6 Å². The molecular formula is C22H20ClFN4O2S. The van der Waals surface area contributed by atoms with Crippen LogP contribution < -0.4 is 11.2 Å². The van der Waals surface area contributed by atoms with Gasteiger partial charge in [0.15, 0.2) is 0 Å². The van der Waals surface area contributed by atoms with E-state index in [2.05, 4.69) is 9.55 Å². The molecule has 0 fully saturated rings. The van der Waals surface area contributed by atoms with Gasteiger partial charge in [-0.2, -0.15) is 0 Å². The van der Waals surface area contributed by atoms with E-state index in [9.17, 15) is 14.0 Å². The second-order valence-electron chi connectivity index (χ2n) is 7.88. The molecule has 0 bridgehead atoms. The van der Waals surface area contributed by atoms with Crippen LogP contribution in [0.2, 0.25) is 5.15 Å². The molecule has 1 aromatic carbocycles. The molecule has 1 aliphatic rings. The first kappa shape index (κ1) is 20.2. The minimum atomic E-state index is -0.392. The van der Waals surface area contributed by atoms with Gasteiger partial charge in [0.25, 0.3) is 5.56 Å².